The fourth-order valence-electron chi connectivity index (χ4n) is 3.49. The van der Waals surface area contributed by atoms with E-state index >= 15 is 0 Å². The molecule has 1 atom stereocenters. The summed E-state index contributed by atoms with van der Waals surface area (Å²) in [5, 5.41) is 5.78. The molecule has 0 aromatic heterocycles. The lowest BCUT2D eigenvalue weighted by Crippen LogP contribution is -2.49. The minimum absolute atomic E-state index is 0.360. The number of aryl methyl sites for hydroxylation is 1. The number of benzene rings is 1. The molecule has 1 unspecified atom stereocenters. The van der Waals surface area contributed by atoms with Crippen molar-refractivity contribution in [1.82, 2.24) is 20.9 Å². The van der Waals surface area contributed by atoms with E-state index < -0.39 is 48.7 Å². The van der Waals surface area contributed by atoms with Crippen LogP contribution in [0.15, 0.2) is 24.3 Å². The number of fused-ring (bicyclic) bond motifs is 2. The lowest BCUT2D eigenvalue weighted by molar-refractivity contribution is -0.135. The molecular formula is C17H17F3N4O4. The first-order valence-corrected chi connectivity index (χ1v) is 8.49. The SMILES string of the molecule is O=C(CN1C(=O)NC2(CCCc3ccccc32)C1=O)NC(=O)NCC(F)(F)F. The molecule has 0 radical (unpaired) electrons. The lowest BCUT2D eigenvalue weighted by Gasteiger charge is -2.33. The Bertz CT molecular complexity index is 842. The van der Waals surface area contributed by atoms with Crippen LogP contribution in [0.25, 0.3) is 0 Å². The molecule has 1 spiro atoms. The number of nitrogens with zero attached hydrogens (tertiary/aromatic N) is 1. The summed E-state index contributed by atoms with van der Waals surface area (Å²) in [7, 11) is 0. The van der Waals surface area contributed by atoms with Gasteiger partial charge in [-0.2, -0.15) is 13.2 Å². The molecule has 1 aliphatic heterocycles. The van der Waals surface area contributed by atoms with Gasteiger partial charge in [0.05, 0.1) is 0 Å². The smallest absolute Gasteiger partial charge is 0.329 e. The summed E-state index contributed by atoms with van der Waals surface area (Å²) in [4.78, 5) is 49.2. The first-order valence-electron chi connectivity index (χ1n) is 8.49. The zero-order valence-electron chi connectivity index (χ0n) is 14.6. The summed E-state index contributed by atoms with van der Waals surface area (Å²) in [5.41, 5.74) is 0.302. The average Bonchev–Trinajstić information content (AvgIpc) is 2.85. The number of carbonyl (C=O) groups is 4. The van der Waals surface area contributed by atoms with Gasteiger partial charge in [-0.3, -0.25) is 19.8 Å². The Balaban J connectivity index is 1.68. The number of rotatable bonds is 3. The van der Waals surface area contributed by atoms with E-state index in [-0.39, 0.29) is 0 Å². The summed E-state index contributed by atoms with van der Waals surface area (Å²) in [6.07, 6.45) is -2.87. The molecule has 1 aliphatic carbocycles. The topological polar surface area (TPSA) is 108 Å². The number of hydrogen-bond donors (Lipinski definition) is 3. The van der Waals surface area contributed by atoms with Crippen LogP contribution >= 0.6 is 0 Å². The highest BCUT2D eigenvalue weighted by Gasteiger charge is 2.54. The molecule has 28 heavy (non-hydrogen) atoms. The summed E-state index contributed by atoms with van der Waals surface area (Å²) >= 11 is 0. The molecule has 2 aliphatic rings. The van der Waals surface area contributed by atoms with Gasteiger partial charge in [0.15, 0.2) is 0 Å². The molecular weight excluding hydrogens is 381 g/mol. The van der Waals surface area contributed by atoms with E-state index in [1.54, 1.807) is 17.4 Å². The number of amides is 6. The van der Waals surface area contributed by atoms with Crippen LogP contribution in [0.4, 0.5) is 22.8 Å². The molecule has 1 heterocycles. The Morgan fingerprint density at radius 3 is 2.64 bits per heavy atom. The minimum Gasteiger partial charge on any atom is -0.329 e. The number of nitrogens with one attached hydrogen (secondary N) is 3. The van der Waals surface area contributed by atoms with Crippen molar-refractivity contribution in [1.29, 1.82) is 0 Å². The lowest BCUT2D eigenvalue weighted by atomic mass is 9.76. The van der Waals surface area contributed by atoms with Crippen LogP contribution in [0.2, 0.25) is 0 Å². The first-order chi connectivity index (χ1) is 13.1. The zero-order valence-corrected chi connectivity index (χ0v) is 14.6. The molecule has 0 bridgehead atoms. The standard InChI is InChI=1S/C17H17F3N4O4/c18-17(19,20)9-21-14(27)22-12(25)8-24-13(26)16(23-15(24)28)7-3-5-10-4-1-2-6-11(10)16/h1-2,4,6H,3,5,7-9H2,(H,23,28)(H2,21,22,25,27). The van der Waals surface area contributed by atoms with Gasteiger partial charge in [0.2, 0.25) is 5.91 Å². The number of hydrogen-bond acceptors (Lipinski definition) is 4. The van der Waals surface area contributed by atoms with E-state index in [9.17, 15) is 32.3 Å². The van der Waals surface area contributed by atoms with Gasteiger partial charge < -0.3 is 10.6 Å². The summed E-state index contributed by atoms with van der Waals surface area (Å²) in [6, 6.07) is 4.99. The average molecular weight is 398 g/mol. The molecule has 1 aromatic rings. The molecule has 1 aromatic carbocycles. The maximum Gasteiger partial charge on any atom is 0.405 e. The molecule has 150 valence electrons. The van der Waals surface area contributed by atoms with Crippen LogP contribution in [0.1, 0.15) is 24.0 Å². The molecule has 6 amide bonds. The Morgan fingerprint density at radius 1 is 1.21 bits per heavy atom. The number of urea groups is 2. The van der Waals surface area contributed by atoms with Crippen molar-refractivity contribution in [3.8, 4) is 0 Å². The third kappa shape index (κ3) is 3.78. The van der Waals surface area contributed by atoms with Crippen LogP contribution in [-0.2, 0) is 21.5 Å². The van der Waals surface area contributed by atoms with Crippen molar-refractivity contribution in [2.24, 2.45) is 0 Å². The predicted molar refractivity (Wildman–Crippen MR) is 88.9 cm³/mol. The van der Waals surface area contributed by atoms with Gasteiger partial charge in [0, 0.05) is 0 Å². The Kier molecular flexibility index (Phi) is 5.01. The molecule has 8 nitrogen and oxygen atoms in total. The maximum atomic E-state index is 12.9. The van der Waals surface area contributed by atoms with Crippen molar-refractivity contribution in [3.63, 3.8) is 0 Å². The van der Waals surface area contributed by atoms with Crippen molar-refractivity contribution in [2.45, 2.75) is 31.0 Å². The predicted octanol–water partition coefficient (Wildman–Crippen LogP) is 1.16. The number of imide groups is 2. The largest absolute Gasteiger partial charge is 0.405 e. The van der Waals surface area contributed by atoms with Gasteiger partial charge in [-0.1, -0.05) is 24.3 Å². The normalized spacial score (nSPS) is 21.3. The van der Waals surface area contributed by atoms with E-state index in [0.29, 0.717) is 23.3 Å². The molecule has 1 saturated heterocycles. The van der Waals surface area contributed by atoms with Crippen LogP contribution in [-0.4, -0.2) is 48.0 Å². The highest BCUT2D eigenvalue weighted by atomic mass is 19.4. The fourth-order valence-corrected chi connectivity index (χ4v) is 3.49. The Morgan fingerprint density at radius 2 is 1.93 bits per heavy atom. The fraction of sp³-hybridized carbons (Fsp3) is 0.412. The minimum atomic E-state index is -4.63. The van der Waals surface area contributed by atoms with Crippen molar-refractivity contribution in [2.75, 3.05) is 13.1 Å². The third-order valence-electron chi connectivity index (χ3n) is 4.65. The molecule has 3 N–H and O–H groups in total. The number of carbonyl (C=O) groups excluding carboxylic acids is 4. The second kappa shape index (κ2) is 7.13. The van der Waals surface area contributed by atoms with Crippen molar-refractivity contribution in [3.05, 3.63) is 35.4 Å². The van der Waals surface area contributed by atoms with E-state index in [2.05, 4.69) is 5.32 Å². The maximum absolute atomic E-state index is 12.9. The van der Waals surface area contributed by atoms with Crippen molar-refractivity contribution < 1.29 is 32.3 Å². The van der Waals surface area contributed by atoms with Gasteiger partial charge in [0.1, 0.15) is 18.6 Å². The second-order valence-electron chi connectivity index (χ2n) is 6.58. The van der Waals surface area contributed by atoms with Gasteiger partial charge in [-0.15, -0.1) is 0 Å². The highest BCUT2D eigenvalue weighted by Crippen LogP contribution is 2.39. The van der Waals surface area contributed by atoms with Crippen LogP contribution in [0, 0.1) is 0 Å². The van der Waals surface area contributed by atoms with Crippen LogP contribution in [0.3, 0.4) is 0 Å². The number of halogens is 3. The van der Waals surface area contributed by atoms with E-state index in [0.717, 1.165) is 12.0 Å². The molecule has 1 fully saturated rings. The molecule has 0 saturated carbocycles. The summed E-state index contributed by atoms with van der Waals surface area (Å²) < 4.78 is 36.2. The van der Waals surface area contributed by atoms with Gasteiger partial charge in [-0.05, 0) is 30.4 Å². The first kappa shape index (κ1) is 19.6. The summed E-state index contributed by atoms with van der Waals surface area (Å²) in [6.45, 7) is -2.40. The van der Waals surface area contributed by atoms with Gasteiger partial charge in [-0.25, -0.2) is 9.59 Å². The second-order valence-corrected chi connectivity index (χ2v) is 6.58. The van der Waals surface area contributed by atoms with Gasteiger partial charge >= 0.3 is 18.2 Å². The summed E-state index contributed by atoms with van der Waals surface area (Å²) in [5.74, 6) is -1.71. The molecule has 3 rings (SSSR count). The Hall–Kier alpha value is -3.11. The number of alkyl halides is 3. The van der Waals surface area contributed by atoms with E-state index in [1.807, 2.05) is 12.1 Å². The Labute approximate surface area is 157 Å². The third-order valence-corrected chi connectivity index (χ3v) is 4.65. The quantitative estimate of drug-likeness (QED) is 0.664. The monoisotopic (exact) mass is 398 g/mol. The molecule has 11 heteroatoms. The van der Waals surface area contributed by atoms with E-state index in [4.69, 9.17) is 0 Å². The van der Waals surface area contributed by atoms with Crippen molar-refractivity contribution >= 4 is 23.9 Å². The highest BCUT2D eigenvalue weighted by molar-refractivity contribution is 6.10. The van der Waals surface area contributed by atoms with E-state index in [1.165, 1.54) is 5.32 Å². The van der Waals surface area contributed by atoms with Crippen LogP contribution in [0.5, 0.6) is 0 Å². The van der Waals surface area contributed by atoms with Crippen LogP contribution < -0.4 is 16.0 Å². The zero-order chi connectivity index (χ0) is 20.5. The van der Waals surface area contributed by atoms with Gasteiger partial charge in [0.25, 0.3) is 5.91 Å².